The number of hydrogen-bond donors (Lipinski definition) is 6. The van der Waals surface area contributed by atoms with Gasteiger partial charge in [-0.05, 0) is 59.2 Å². The maximum atomic E-state index is 14.3. The van der Waals surface area contributed by atoms with Crippen LogP contribution in [-0.2, 0) is 48.0 Å². The average Bonchev–Trinajstić information content (AvgIpc) is 3.19. The van der Waals surface area contributed by atoms with Gasteiger partial charge in [0.1, 0.15) is 29.9 Å². The summed E-state index contributed by atoms with van der Waals surface area (Å²) in [5, 5.41) is 23.8. The van der Waals surface area contributed by atoms with Crippen LogP contribution in [0.4, 0.5) is 0 Å². The number of carboxylic acids is 1. The van der Waals surface area contributed by atoms with Crippen LogP contribution in [0.3, 0.4) is 0 Å². The zero-order valence-electron chi connectivity index (χ0n) is 31.2. The van der Waals surface area contributed by atoms with Gasteiger partial charge in [-0.2, -0.15) is 0 Å². The molecule has 4 aromatic carbocycles. The van der Waals surface area contributed by atoms with Gasteiger partial charge in [-0.15, -0.1) is 0 Å². The summed E-state index contributed by atoms with van der Waals surface area (Å²) in [5.74, 6) is -3.71. The molecule has 2 heterocycles. The minimum Gasteiger partial charge on any atom is -0.484 e. The molecule has 4 atom stereocenters. The predicted molar refractivity (Wildman–Crippen MR) is 209 cm³/mol. The molecule has 6 N–H and O–H groups in total. The van der Waals surface area contributed by atoms with E-state index in [1.807, 2.05) is 60.7 Å². The summed E-state index contributed by atoms with van der Waals surface area (Å²) in [7, 11) is 0. The van der Waals surface area contributed by atoms with Gasteiger partial charge in [0.25, 0.3) is 5.91 Å². The van der Waals surface area contributed by atoms with Crippen LogP contribution in [-0.4, -0.2) is 77.9 Å². The van der Waals surface area contributed by atoms with Crippen molar-refractivity contribution in [3.05, 3.63) is 126 Å². The Kier molecular flexibility index (Phi) is 14.7. The summed E-state index contributed by atoms with van der Waals surface area (Å²) >= 11 is 0. The summed E-state index contributed by atoms with van der Waals surface area (Å²) in [4.78, 5) is 79.2. The van der Waals surface area contributed by atoms with Crippen molar-refractivity contribution in [1.82, 2.24) is 26.6 Å². The summed E-state index contributed by atoms with van der Waals surface area (Å²) in [5.41, 5.74) is 3.98. The number of ether oxygens (including phenoxy) is 1. The van der Waals surface area contributed by atoms with E-state index in [9.17, 15) is 33.9 Å². The number of hydrogen-bond acceptors (Lipinski definition) is 7. The number of rotatable bonds is 11. The fourth-order valence-electron chi connectivity index (χ4n) is 6.33. The van der Waals surface area contributed by atoms with Gasteiger partial charge in [-0.25, -0.2) is 4.79 Å². The first-order valence-electron chi connectivity index (χ1n) is 18.6. The van der Waals surface area contributed by atoms with Crippen LogP contribution < -0.4 is 31.3 Å². The van der Waals surface area contributed by atoms with Gasteiger partial charge in [-0.1, -0.05) is 97.1 Å². The molecule has 0 unspecified atom stereocenters. The number of nitrogens with one attached hydrogen (secondary N) is 5. The molecule has 0 aliphatic carbocycles. The van der Waals surface area contributed by atoms with E-state index < -0.39 is 60.4 Å². The molecule has 0 aromatic heterocycles. The third-order valence-electron chi connectivity index (χ3n) is 9.34. The zero-order valence-corrected chi connectivity index (χ0v) is 31.2. The van der Waals surface area contributed by atoms with Crippen LogP contribution in [0.2, 0.25) is 0 Å². The molecule has 0 spiro atoms. The normalized spacial score (nSPS) is 19.4. The molecule has 0 radical (unpaired) electrons. The first kappa shape index (κ1) is 40.7. The largest absolute Gasteiger partial charge is 0.484 e. The Balaban J connectivity index is 1.47. The lowest BCUT2D eigenvalue weighted by atomic mass is 9.99. The average molecular weight is 762 g/mol. The Bertz CT molecular complexity index is 1960. The maximum Gasteiger partial charge on any atom is 0.326 e. The van der Waals surface area contributed by atoms with E-state index >= 15 is 0 Å². The molecule has 2 bridgehead atoms. The van der Waals surface area contributed by atoms with Crippen LogP contribution in [0.15, 0.2) is 109 Å². The van der Waals surface area contributed by atoms with Crippen LogP contribution in [0.5, 0.6) is 5.75 Å². The van der Waals surface area contributed by atoms with Gasteiger partial charge in [-0.3, -0.25) is 24.0 Å². The molecule has 56 heavy (non-hydrogen) atoms. The predicted octanol–water partition coefficient (Wildman–Crippen LogP) is 3.10. The molecule has 4 aromatic rings. The highest BCUT2D eigenvalue weighted by Gasteiger charge is 2.32. The molecular weight excluding hydrogens is 714 g/mol. The molecular formula is C43H47N5O8. The quantitative estimate of drug-likeness (QED) is 0.0993. The molecule has 2 aliphatic rings. The lowest BCUT2D eigenvalue weighted by Gasteiger charge is -2.26. The molecule has 0 saturated heterocycles. The lowest BCUT2D eigenvalue weighted by molar-refractivity contribution is -0.142. The number of fused-ring (bicyclic) bond motifs is 16. The van der Waals surface area contributed by atoms with Gasteiger partial charge >= 0.3 is 5.97 Å². The van der Waals surface area contributed by atoms with Gasteiger partial charge < -0.3 is 36.4 Å². The molecule has 6 rings (SSSR count). The summed E-state index contributed by atoms with van der Waals surface area (Å²) in [6, 6.07) is 27.9. The summed E-state index contributed by atoms with van der Waals surface area (Å²) < 4.78 is 5.67. The van der Waals surface area contributed by atoms with Crippen molar-refractivity contribution in [2.75, 3.05) is 13.2 Å². The van der Waals surface area contributed by atoms with Crippen molar-refractivity contribution in [2.45, 2.75) is 69.6 Å². The highest BCUT2D eigenvalue weighted by atomic mass is 16.5. The molecule has 0 fully saturated rings. The number of carbonyl (C=O) groups is 6. The Morgan fingerprint density at radius 3 is 1.82 bits per heavy atom. The van der Waals surface area contributed by atoms with Crippen molar-refractivity contribution in [1.29, 1.82) is 0 Å². The van der Waals surface area contributed by atoms with Crippen LogP contribution in [0.1, 0.15) is 42.9 Å². The van der Waals surface area contributed by atoms with E-state index in [-0.39, 0.29) is 31.6 Å². The van der Waals surface area contributed by atoms with E-state index in [0.717, 1.165) is 11.1 Å². The highest BCUT2D eigenvalue weighted by Crippen LogP contribution is 2.20. The third-order valence-corrected chi connectivity index (χ3v) is 9.34. The molecule has 13 nitrogen and oxygen atoms in total. The van der Waals surface area contributed by atoms with Gasteiger partial charge in [0.2, 0.25) is 23.6 Å². The zero-order chi connectivity index (χ0) is 39.9. The van der Waals surface area contributed by atoms with E-state index in [4.69, 9.17) is 4.74 Å². The van der Waals surface area contributed by atoms with E-state index in [1.165, 1.54) is 6.92 Å². The van der Waals surface area contributed by atoms with Crippen LogP contribution in [0, 0.1) is 0 Å². The minimum atomic E-state index is -1.33. The molecule has 2 aliphatic heterocycles. The fraction of sp³-hybridized carbons (Fsp3) is 0.302. The van der Waals surface area contributed by atoms with Gasteiger partial charge in [0, 0.05) is 32.7 Å². The van der Waals surface area contributed by atoms with E-state index in [1.54, 1.807) is 48.5 Å². The molecule has 5 amide bonds. The first-order valence-corrected chi connectivity index (χ1v) is 18.6. The van der Waals surface area contributed by atoms with Gasteiger partial charge in [0.15, 0.2) is 6.61 Å². The van der Waals surface area contributed by atoms with E-state index in [2.05, 4.69) is 26.6 Å². The molecule has 292 valence electrons. The van der Waals surface area contributed by atoms with Gasteiger partial charge in [0.05, 0.1) is 0 Å². The Labute approximate surface area is 325 Å². The second-order valence-electron chi connectivity index (χ2n) is 13.7. The highest BCUT2D eigenvalue weighted by molar-refractivity contribution is 5.95. The standard InChI is InChI=1S/C43H47N5O8/c1-28(49)44-23-9-8-14-35-40(51)46-37(25-30-15-19-33(20-16-30)32-12-6-3-7-13-32)41(52)47-36(24-29-10-4-2-5-11-29)42(53)48-38(43(54)55)26-31-17-21-34(22-18-31)56-27-39(50)45-35/h2-7,10-13,15-22,35-38H,8-9,14,23-27H2,1H3,(H,44,49)(H,45,50)(H,46,51)(H,47,52)(H,48,53)(H,54,55)/t35-,36-,37-,38-/m0/s1. The smallest absolute Gasteiger partial charge is 0.326 e. The number of carboxylic acid groups (broad SMARTS) is 1. The topological polar surface area (TPSA) is 192 Å². The lowest BCUT2D eigenvalue weighted by Crippen LogP contribution is -2.59. The van der Waals surface area contributed by atoms with Crippen molar-refractivity contribution in [2.24, 2.45) is 0 Å². The SMILES string of the molecule is CC(=O)NCCCC[C@@H]1NC(=O)COc2ccc(cc2)C[C@@H](C(=O)O)NC(=O)[C@H](Cc2ccccc2)NC(=O)[C@H](Cc2ccc(-c3ccccc3)cc2)NC1=O. The third kappa shape index (κ3) is 12.5. The van der Waals surface area contributed by atoms with Crippen LogP contribution >= 0.6 is 0 Å². The van der Waals surface area contributed by atoms with E-state index in [0.29, 0.717) is 41.8 Å². The Morgan fingerprint density at radius 2 is 1.21 bits per heavy atom. The van der Waals surface area contributed by atoms with Crippen molar-refractivity contribution < 1.29 is 38.6 Å². The number of carbonyl (C=O) groups excluding carboxylic acids is 5. The number of unbranched alkanes of at least 4 members (excludes halogenated alkanes) is 1. The second kappa shape index (κ2) is 20.3. The molecule has 0 saturated carbocycles. The Hall–Kier alpha value is -6.50. The minimum absolute atomic E-state index is 0.0321. The number of amides is 5. The number of aliphatic carboxylic acids is 1. The summed E-state index contributed by atoms with van der Waals surface area (Å²) in [6.45, 7) is 1.38. The monoisotopic (exact) mass is 761 g/mol. The Morgan fingerprint density at radius 1 is 0.661 bits per heavy atom. The number of benzene rings is 4. The molecule has 13 heteroatoms. The second-order valence-corrected chi connectivity index (χ2v) is 13.7. The fourth-order valence-corrected chi connectivity index (χ4v) is 6.33. The first-order chi connectivity index (χ1) is 27.0. The van der Waals surface area contributed by atoms with Crippen LogP contribution in [0.25, 0.3) is 11.1 Å². The summed E-state index contributed by atoms with van der Waals surface area (Å²) in [6.07, 6.45) is 1.20. The van der Waals surface area contributed by atoms with Crippen molar-refractivity contribution in [3.8, 4) is 16.9 Å². The van der Waals surface area contributed by atoms with Crippen molar-refractivity contribution >= 4 is 35.5 Å². The van der Waals surface area contributed by atoms with Crippen molar-refractivity contribution in [3.63, 3.8) is 0 Å². The maximum absolute atomic E-state index is 14.3.